The van der Waals surface area contributed by atoms with Gasteiger partial charge in [0.1, 0.15) is 16.5 Å². The molecule has 0 aliphatic carbocycles. The van der Waals surface area contributed by atoms with Gasteiger partial charge in [-0.3, -0.25) is 9.69 Å². The van der Waals surface area contributed by atoms with Gasteiger partial charge in [0.05, 0.1) is 4.91 Å². The molecule has 1 aromatic carbocycles. The number of hydrogen-bond donors (Lipinski definition) is 0. The summed E-state index contributed by atoms with van der Waals surface area (Å²) in [6.07, 6.45) is 1.83. The number of hydrogen-bond acceptors (Lipinski definition) is 4. The number of thioether (sulfide) groups is 1. The Labute approximate surface area is 132 Å². The number of rotatable bonds is 3. The predicted molar refractivity (Wildman–Crippen MR) is 90.1 cm³/mol. The van der Waals surface area contributed by atoms with E-state index in [0.717, 1.165) is 28.0 Å². The Kier molecular flexibility index (Phi) is 3.94. The largest absolute Gasteiger partial charge is 0.457 e. The lowest BCUT2D eigenvalue weighted by Crippen LogP contribution is -2.26. The van der Waals surface area contributed by atoms with Crippen LogP contribution in [0.5, 0.6) is 0 Å². The first kappa shape index (κ1) is 14.1. The lowest BCUT2D eigenvalue weighted by molar-refractivity contribution is 0.247. The molecule has 3 rings (SSSR count). The van der Waals surface area contributed by atoms with E-state index in [2.05, 4.69) is 0 Å². The van der Waals surface area contributed by atoms with Gasteiger partial charge >= 0.3 is 0 Å². The molecule has 0 radical (unpaired) electrons. The Morgan fingerprint density at radius 1 is 1.24 bits per heavy atom. The van der Waals surface area contributed by atoms with Gasteiger partial charge in [-0.25, -0.2) is 0 Å². The van der Waals surface area contributed by atoms with Crippen molar-refractivity contribution >= 4 is 40.3 Å². The second kappa shape index (κ2) is 5.87. The third-order valence-corrected chi connectivity index (χ3v) is 4.64. The van der Waals surface area contributed by atoms with Crippen LogP contribution in [-0.4, -0.2) is 21.7 Å². The maximum Gasteiger partial charge on any atom is 0.291 e. The van der Waals surface area contributed by atoms with Crippen LogP contribution in [0.2, 0.25) is 0 Å². The third kappa shape index (κ3) is 2.80. The Balaban J connectivity index is 1.87. The van der Waals surface area contributed by atoms with Crippen molar-refractivity contribution in [2.45, 2.75) is 6.92 Å². The molecule has 21 heavy (non-hydrogen) atoms. The molecule has 106 valence electrons. The van der Waals surface area contributed by atoms with E-state index in [1.807, 2.05) is 55.5 Å². The minimum Gasteiger partial charge on any atom is -0.457 e. The van der Waals surface area contributed by atoms with E-state index >= 15 is 0 Å². The summed E-state index contributed by atoms with van der Waals surface area (Å²) in [6, 6.07) is 13.7. The smallest absolute Gasteiger partial charge is 0.291 e. The Bertz CT molecular complexity index is 719. The van der Waals surface area contributed by atoms with Crippen molar-refractivity contribution in [3.05, 3.63) is 53.1 Å². The van der Waals surface area contributed by atoms with Gasteiger partial charge in [-0.2, -0.15) is 0 Å². The van der Waals surface area contributed by atoms with Crippen molar-refractivity contribution < 1.29 is 9.21 Å². The molecule has 0 bridgehead atoms. The fourth-order valence-electron chi connectivity index (χ4n) is 2.09. The normalized spacial score (nSPS) is 17.0. The molecule has 2 aromatic rings. The zero-order chi connectivity index (χ0) is 14.8. The maximum atomic E-state index is 11.8. The number of nitrogens with zero attached hydrogens (tertiary/aromatic N) is 1. The summed E-state index contributed by atoms with van der Waals surface area (Å²) in [5.74, 6) is 1.50. The first-order chi connectivity index (χ1) is 10.2. The highest BCUT2D eigenvalue weighted by Gasteiger charge is 2.30. The molecule has 1 saturated heterocycles. The second-order valence-corrected chi connectivity index (χ2v) is 5.87. The van der Waals surface area contributed by atoms with E-state index in [0.29, 0.717) is 17.3 Å². The second-order valence-electron chi connectivity index (χ2n) is 4.49. The SMILES string of the molecule is CCN1C(=O)SC(=Cc2ccc(-c3ccccc3)o2)C1=S. The van der Waals surface area contributed by atoms with Crippen LogP contribution in [-0.2, 0) is 0 Å². The van der Waals surface area contributed by atoms with Crippen LogP contribution in [0.15, 0.2) is 51.8 Å². The monoisotopic (exact) mass is 315 g/mol. The van der Waals surface area contributed by atoms with Crippen LogP contribution in [0, 0.1) is 0 Å². The molecular weight excluding hydrogens is 302 g/mol. The number of furan rings is 1. The quantitative estimate of drug-likeness (QED) is 0.601. The number of benzene rings is 1. The molecule has 0 spiro atoms. The highest BCUT2D eigenvalue weighted by Crippen LogP contribution is 2.33. The highest BCUT2D eigenvalue weighted by molar-refractivity contribution is 8.19. The zero-order valence-electron chi connectivity index (χ0n) is 11.4. The molecule has 1 aliphatic rings. The Hall–Kier alpha value is -1.85. The number of thiocarbonyl (C=S) groups is 1. The average Bonchev–Trinajstić information content (AvgIpc) is 3.06. The van der Waals surface area contributed by atoms with Gasteiger partial charge in [0.15, 0.2) is 0 Å². The molecule has 0 unspecified atom stereocenters. The van der Waals surface area contributed by atoms with Crippen molar-refractivity contribution in [3.63, 3.8) is 0 Å². The fourth-order valence-corrected chi connectivity index (χ4v) is 3.43. The minimum atomic E-state index is -0.0245. The predicted octanol–water partition coefficient (Wildman–Crippen LogP) is 4.80. The number of carbonyl (C=O) groups excluding carboxylic acids is 1. The van der Waals surface area contributed by atoms with Gasteiger partial charge in [0.2, 0.25) is 0 Å². The lowest BCUT2D eigenvalue weighted by Gasteiger charge is -2.09. The minimum absolute atomic E-state index is 0.0245. The van der Waals surface area contributed by atoms with Gasteiger partial charge in [0.25, 0.3) is 5.24 Å². The summed E-state index contributed by atoms with van der Waals surface area (Å²) in [5.41, 5.74) is 1.02. The Morgan fingerprint density at radius 2 is 2.00 bits per heavy atom. The molecule has 0 atom stereocenters. The molecule has 1 aromatic heterocycles. The van der Waals surface area contributed by atoms with Crippen LogP contribution in [0.25, 0.3) is 17.4 Å². The first-order valence-electron chi connectivity index (χ1n) is 6.59. The lowest BCUT2D eigenvalue weighted by atomic mass is 10.2. The molecule has 1 fully saturated rings. The van der Waals surface area contributed by atoms with Gasteiger partial charge < -0.3 is 4.42 Å². The summed E-state index contributed by atoms with van der Waals surface area (Å²) in [7, 11) is 0. The molecule has 5 heteroatoms. The maximum absolute atomic E-state index is 11.8. The molecule has 1 amide bonds. The van der Waals surface area contributed by atoms with E-state index in [1.54, 1.807) is 4.90 Å². The number of carbonyl (C=O) groups is 1. The fraction of sp³-hybridized carbons (Fsp3) is 0.125. The van der Waals surface area contributed by atoms with E-state index in [9.17, 15) is 4.79 Å². The van der Waals surface area contributed by atoms with Gasteiger partial charge in [-0.05, 0) is 36.9 Å². The summed E-state index contributed by atoms with van der Waals surface area (Å²) in [6.45, 7) is 2.50. The molecular formula is C16H13NO2S2. The topological polar surface area (TPSA) is 33.5 Å². The zero-order valence-corrected chi connectivity index (χ0v) is 13.0. The first-order valence-corrected chi connectivity index (χ1v) is 7.82. The van der Waals surface area contributed by atoms with Crippen molar-refractivity contribution in [1.82, 2.24) is 4.90 Å². The number of amides is 1. The van der Waals surface area contributed by atoms with Crippen LogP contribution in [0.1, 0.15) is 12.7 Å². The van der Waals surface area contributed by atoms with Crippen molar-refractivity contribution in [2.75, 3.05) is 6.54 Å². The summed E-state index contributed by atoms with van der Waals surface area (Å²) in [5, 5.41) is -0.0245. The van der Waals surface area contributed by atoms with Gasteiger partial charge in [0, 0.05) is 12.1 Å². The molecule has 1 aliphatic heterocycles. The van der Waals surface area contributed by atoms with Gasteiger partial charge in [-0.15, -0.1) is 0 Å². The van der Waals surface area contributed by atoms with Crippen LogP contribution < -0.4 is 0 Å². The van der Waals surface area contributed by atoms with Crippen LogP contribution >= 0.6 is 24.0 Å². The van der Waals surface area contributed by atoms with E-state index in [1.165, 1.54) is 0 Å². The van der Waals surface area contributed by atoms with E-state index in [-0.39, 0.29) is 5.24 Å². The molecule has 0 saturated carbocycles. The van der Waals surface area contributed by atoms with Crippen LogP contribution in [0.3, 0.4) is 0 Å². The van der Waals surface area contributed by atoms with E-state index < -0.39 is 0 Å². The molecule has 3 nitrogen and oxygen atoms in total. The van der Waals surface area contributed by atoms with E-state index in [4.69, 9.17) is 16.6 Å². The molecule has 0 N–H and O–H groups in total. The van der Waals surface area contributed by atoms with Crippen molar-refractivity contribution in [3.8, 4) is 11.3 Å². The summed E-state index contributed by atoms with van der Waals surface area (Å²) >= 11 is 6.46. The average molecular weight is 315 g/mol. The third-order valence-electron chi connectivity index (χ3n) is 3.15. The van der Waals surface area contributed by atoms with Gasteiger partial charge in [-0.1, -0.05) is 42.5 Å². The summed E-state index contributed by atoms with van der Waals surface area (Å²) < 4.78 is 5.80. The number of likely N-dealkylation sites (N-methyl/N-ethyl adjacent to an activating group) is 1. The molecule has 2 heterocycles. The Morgan fingerprint density at radius 3 is 2.67 bits per heavy atom. The van der Waals surface area contributed by atoms with Crippen molar-refractivity contribution in [2.24, 2.45) is 0 Å². The van der Waals surface area contributed by atoms with Crippen LogP contribution in [0.4, 0.5) is 4.79 Å². The highest BCUT2D eigenvalue weighted by atomic mass is 32.2. The van der Waals surface area contributed by atoms with Crippen molar-refractivity contribution in [1.29, 1.82) is 0 Å². The summed E-state index contributed by atoms with van der Waals surface area (Å²) in [4.78, 5) is 14.7. The standard InChI is InChI=1S/C16H13NO2S2/c1-2-17-15(20)14(21-16(17)18)10-12-8-9-13(19-12)11-6-4-3-5-7-11/h3-10H,2H2,1H3.